The quantitative estimate of drug-likeness (QED) is 0.278. The highest BCUT2D eigenvalue weighted by Gasteiger charge is 2.17. The number of likely N-dealkylation sites (N-methyl/N-ethyl adjacent to an activating group) is 2. The highest BCUT2D eigenvalue weighted by molar-refractivity contribution is 6.02. The molecule has 39 heavy (non-hydrogen) atoms. The van der Waals surface area contributed by atoms with Gasteiger partial charge in [-0.15, -0.1) is 0 Å². The average molecular weight is 531 g/mol. The van der Waals surface area contributed by atoms with Crippen molar-refractivity contribution >= 4 is 40.0 Å². The van der Waals surface area contributed by atoms with E-state index in [9.17, 15) is 4.79 Å². The molecule has 0 aliphatic heterocycles. The van der Waals surface area contributed by atoms with Crippen LogP contribution in [-0.2, 0) is 4.79 Å². The fourth-order valence-corrected chi connectivity index (χ4v) is 4.05. The van der Waals surface area contributed by atoms with Crippen molar-refractivity contribution in [1.82, 2.24) is 24.4 Å². The molecule has 2 heterocycles. The Kier molecular flexibility index (Phi) is 8.30. The Labute approximate surface area is 228 Å². The first-order chi connectivity index (χ1) is 18.7. The highest BCUT2D eigenvalue weighted by Crippen LogP contribution is 2.38. The van der Waals surface area contributed by atoms with Crippen molar-refractivity contribution in [2.45, 2.75) is 6.92 Å². The normalized spacial score (nSPS) is 10.9. The third-order valence-corrected chi connectivity index (χ3v) is 6.23. The fourth-order valence-electron chi connectivity index (χ4n) is 4.05. The molecule has 0 spiro atoms. The van der Waals surface area contributed by atoms with Gasteiger partial charge in [-0.25, -0.2) is 9.97 Å². The van der Waals surface area contributed by atoms with Gasteiger partial charge in [0.2, 0.25) is 11.9 Å². The van der Waals surface area contributed by atoms with Crippen LogP contribution in [0.25, 0.3) is 16.9 Å². The topological polar surface area (TPSA) is 110 Å². The van der Waals surface area contributed by atoms with Gasteiger partial charge in [-0.05, 0) is 45.3 Å². The fraction of sp³-hybridized carbons (Fsp3) is 0.286. The molecule has 0 aliphatic carbocycles. The number of hydrogen-bond acceptors (Lipinski definition) is 9. The van der Waals surface area contributed by atoms with Gasteiger partial charge < -0.3 is 29.9 Å². The maximum absolute atomic E-state index is 12.3. The van der Waals surface area contributed by atoms with E-state index in [2.05, 4.69) is 37.0 Å². The molecule has 0 unspecified atom stereocenters. The van der Waals surface area contributed by atoms with Crippen LogP contribution >= 0.6 is 0 Å². The molecule has 4 rings (SSSR count). The van der Waals surface area contributed by atoms with Gasteiger partial charge in [0, 0.05) is 44.0 Å². The van der Waals surface area contributed by atoms with Crippen LogP contribution in [0.4, 0.5) is 23.0 Å². The Balaban J connectivity index is 1.73. The van der Waals surface area contributed by atoms with Crippen molar-refractivity contribution in [3.8, 4) is 17.3 Å². The number of nitrogens with zero attached hydrogens (tertiary/aromatic N) is 6. The van der Waals surface area contributed by atoms with Crippen LogP contribution in [-0.4, -0.2) is 78.8 Å². The molecule has 0 atom stereocenters. The number of imidazole rings is 1. The summed E-state index contributed by atoms with van der Waals surface area (Å²) in [6.07, 6.45) is 4.71. The van der Waals surface area contributed by atoms with E-state index >= 15 is 0 Å². The summed E-state index contributed by atoms with van der Waals surface area (Å²) < 4.78 is 13.0. The first kappa shape index (κ1) is 27.4. The molecule has 0 radical (unpaired) electrons. The standard InChI is InChI=1S/C28H34N8O3/c1-8-26(37)31-21-14-22(25(39-7)15-23(21)35(5)12-11-34(3)4)32-28-29-16-18(2)27(33-28)36-17-30-20-10-9-19(38-6)13-24(20)36/h8-10,13-17H,1,11-12H2,2-7H3,(H,31,37)(H,29,32,33). The molecule has 4 aromatic rings. The second-order valence-electron chi connectivity index (χ2n) is 9.28. The number of methoxy groups -OCH3 is 2. The zero-order chi connectivity index (χ0) is 28.1. The number of carbonyl (C=O) groups is 1. The van der Waals surface area contributed by atoms with Gasteiger partial charge in [0.25, 0.3) is 0 Å². The average Bonchev–Trinajstić information content (AvgIpc) is 3.35. The molecule has 11 heteroatoms. The second kappa shape index (κ2) is 11.8. The Morgan fingerprint density at radius 3 is 2.56 bits per heavy atom. The lowest BCUT2D eigenvalue weighted by atomic mass is 10.2. The van der Waals surface area contributed by atoms with E-state index in [1.807, 2.05) is 63.0 Å². The number of rotatable bonds is 11. The summed E-state index contributed by atoms with van der Waals surface area (Å²) in [6, 6.07) is 9.38. The molecule has 2 N–H and O–H groups in total. The maximum Gasteiger partial charge on any atom is 0.247 e. The van der Waals surface area contributed by atoms with Gasteiger partial charge in [-0.3, -0.25) is 9.36 Å². The molecule has 0 saturated carbocycles. The Bertz CT molecular complexity index is 1500. The number of benzene rings is 2. The third-order valence-electron chi connectivity index (χ3n) is 6.23. The largest absolute Gasteiger partial charge is 0.497 e. The van der Waals surface area contributed by atoms with E-state index < -0.39 is 0 Å². The van der Waals surface area contributed by atoms with Gasteiger partial charge in [-0.1, -0.05) is 6.58 Å². The minimum atomic E-state index is -0.315. The van der Waals surface area contributed by atoms with Crippen molar-refractivity contribution < 1.29 is 14.3 Å². The van der Waals surface area contributed by atoms with Crippen molar-refractivity contribution in [2.24, 2.45) is 0 Å². The van der Waals surface area contributed by atoms with E-state index in [0.717, 1.165) is 41.1 Å². The molecule has 2 aromatic carbocycles. The van der Waals surface area contributed by atoms with E-state index in [1.165, 1.54) is 6.08 Å². The van der Waals surface area contributed by atoms with Crippen LogP contribution in [0, 0.1) is 6.92 Å². The van der Waals surface area contributed by atoms with Gasteiger partial charge in [0.1, 0.15) is 23.6 Å². The molecule has 0 bridgehead atoms. The predicted molar refractivity (Wildman–Crippen MR) is 155 cm³/mol. The SMILES string of the molecule is C=CC(=O)Nc1cc(Nc2ncc(C)c(-n3cnc4ccc(OC)cc43)n2)c(OC)cc1N(C)CCN(C)C. The molecule has 0 saturated heterocycles. The van der Waals surface area contributed by atoms with E-state index in [4.69, 9.17) is 14.5 Å². The van der Waals surface area contributed by atoms with Crippen LogP contribution in [0.5, 0.6) is 11.5 Å². The summed E-state index contributed by atoms with van der Waals surface area (Å²) in [7, 11) is 9.22. The van der Waals surface area contributed by atoms with Crippen LogP contribution < -0.4 is 25.0 Å². The molecule has 11 nitrogen and oxygen atoms in total. The summed E-state index contributed by atoms with van der Waals surface area (Å²) in [5, 5.41) is 6.17. The van der Waals surface area contributed by atoms with Crippen molar-refractivity contribution in [1.29, 1.82) is 0 Å². The van der Waals surface area contributed by atoms with E-state index in [1.54, 1.807) is 26.7 Å². The number of amides is 1. The highest BCUT2D eigenvalue weighted by atomic mass is 16.5. The number of hydrogen-bond donors (Lipinski definition) is 2. The number of ether oxygens (including phenoxy) is 2. The summed E-state index contributed by atoms with van der Waals surface area (Å²) in [5.41, 5.74) is 4.55. The van der Waals surface area contributed by atoms with Crippen molar-refractivity contribution in [2.75, 3.05) is 64.0 Å². The summed E-state index contributed by atoms with van der Waals surface area (Å²) in [6.45, 7) is 7.10. The number of anilines is 4. The maximum atomic E-state index is 12.3. The predicted octanol–water partition coefficient (Wildman–Crippen LogP) is 4.01. The summed E-state index contributed by atoms with van der Waals surface area (Å²) in [4.78, 5) is 30.2. The Hall–Kier alpha value is -4.64. The number of aryl methyl sites for hydroxylation is 1. The van der Waals surface area contributed by atoms with Gasteiger partial charge in [0.15, 0.2) is 0 Å². The van der Waals surface area contributed by atoms with E-state index in [-0.39, 0.29) is 5.91 Å². The first-order valence-electron chi connectivity index (χ1n) is 12.4. The lowest BCUT2D eigenvalue weighted by molar-refractivity contribution is -0.111. The Morgan fingerprint density at radius 2 is 1.87 bits per heavy atom. The molecular weight excluding hydrogens is 496 g/mol. The monoisotopic (exact) mass is 530 g/mol. The second-order valence-corrected chi connectivity index (χ2v) is 9.28. The molecule has 2 aromatic heterocycles. The zero-order valence-electron chi connectivity index (χ0n) is 23.1. The Morgan fingerprint density at radius 1 is 1.08 bits per heavy atom. The van der Waals surface area contributed by atoms with Crippen LogP contribution in [0.2, 0.25) is 0 Å². The van der Waals surface area contributed by atoms with Crippen LogP contribution in [0.3, 0.4) is 0 Å². The number of nitrogens with one attached hydrogen (secondary N) is 2. The molecule has 204 valence electrons. The number of carbonyl (C=O) groups excluding carboxylic acids is 1. The zero-order valence-corrected chi connectivity index (χ0v) is 23.1. The molecular formula is C28H34N8O3. The van der Waals surface area contributed by atoms with E-state index in [0.29, 0.717) is 28.9 Å². The number of fused-ring (bicyclic) bond motifs is 1. The minimum absolute atomic E-state index is 0.315. The lowest BCUT2D eigenvalue weighted by Crippen LogP contribution is -2.29. The molecule has 0 aliphatic rings. The minimum Gasteiger partial charge on any atom is -0.497 e. The lowest BCUT2D eigenvalue weighted by Gasteiger charge is -2.26. The molecule has 1 amide bonds. The first-order valence-corrected chi connectivity index (χ1v) is 12.4. The summed E-state index contributed by atoms with van der Waals surface area (Å²) in [5.74, 6) is 2.01. The van der Waals surface area contributed by atoms with Crippen LogP contribution in [0.1, 0.15) is 5.56 Å². The third kappa shape index (κ3) is 6.10. The van der Waals surface area contributed by atoms with Crippen LogP contribution in [0.15, 0.2) is 55.5 Å². The molecule has 0 fully saturated rings. The van der Waals surface area contributed by atoms with Gasteiger partial charge in [-0.2, -0.15) is 4.98 Å². The van der Waals surface area contributed by atoms with Gasteiger partial charge >= 0.3 is 0 Å². The van der Waals surface area contributed by atoms with Crippen molar-refractivity contribution in [3.05, 3.63) is 61.1 Å². The van der Waals surface area contributed by atoms with Crippen molar-refractivity contribution in [3.63, 3.8) is 0 Å². The number of aromatic nitrogens is 4. The van der Waals surface area contributed by atoms with Gasteiger partial charge in [0.05, 0.1) is 42.3 Å². The summed E-state index contributed by atoms with van der Waals surface area (Å²) >= 11 is 0. The smallest absolute Gasteiger partial charge is 0.247 e.